The Hall–Kier alpha value is -1.18. The van der Waals surface area contributed by atoms with Gasteiger partial charge in [-0.15, -0.1) is 0 Å². The predicted molar refractivity (Wildman–Crippen MR) is 99.1 cm³/mol. The molecule has 0 saturated heterocycles. The first-order valence-electron chi connectivity index (χ1n) is 9.60. The molecule has 23 heavy (non-hydrogen) atoms. The fourth-order valence-electron chi connectivity index (χ4n) is 3.05. The SMILES string of the molecule is CC(C)CCCCCCCCCCCCc1ccc(O)cc1O. The van der Waals surface area contributed by atoms with E-state index in [4.69, 9.17) is 0 Å². The molecule has 0 aliphatic carbocycles. The molecule has 0 saturated carbocycles. The van der Waals surface area contributed by atoms with Crippen LogP contribution in [0.2, 0.25) is 0 Å². The molecular weight excluding hydrogens is 284 g/mol. The molecule has 0 unspecified atom stereocenters. The minimum absolute atomic E-state index is 0.135. The molecule has 0 aromatic heterocycles. The van der Waals surface area contributed by atoms with Gasteiger partial charge in [-0.05, 0) is 30.4 Å². The summed E-state index contributed by atoms with van der Waals surface area (Å²) in [6.45, 7) is 4.62. The van der Waals surface area contributed by atoms with Gasteiger partial charge in [0.05, 0.1) is 0 Å². The lowest BCUT2D eigenvalue weighted by atomic mass is 10.0. The van der Waals surface area contributed by atoms with Crippen LogP contribution in [0.1, 0.15) is 90.0 Å². The maximum absolute atomic E-state index is 9.72. The van der Waals surface area contributed by atoms with Crippen molar-refractivity contribution < 1.29 is 10.2 Å². The largest absolute Gasteiger partial charge is 0.508 e. The number of unbranched alkanes of at least 4 members (excludes halogenated alkanes) is 9. The Morgan fingerprint density at radius 2 is 1.26 bits per heavy atom. The number of hydrogen-bond acceptors (Lipinski definition) is 2. The van der Waals surface area contributed by atoms with Crippen molar-refractivity contribution in [3.05, 3.63) is 23.8 Å². The molecule has 132 valence electrons. The third-order valence-electron chi connectivity index (χ3n) is 4.55. The first-order valence-corrected chi connectivity index (χ1v) is 9.60. The molecule has 2 nitrogen and oxygen atoms in total. The van der Waals surface area contributed by atoms with E-state index >= 15 is 0 Å². The first-order chi connectivity index (χ1) is 11.1. The molecule has 1 aromatic rings. The quantitative estimate of drug-likeness (QED) is 0.403. The van der Waals surface area contributed by atoms with Gasteiger partial charge in [0.15, 0.2) is 0 Å². The third-order valence-corrected chi connectivity index (χ3v) is 4.55. The summed E-state index contributed by atoms with van der Waals surface area (Å²) in [7, 11) is 0. The monoisotopic (exact) mass is 320 g/mol. The summed E-state index contributed by atoms with van der Waals surface area (Å²) < 4.78 is 0. The van der Waals surface area contributed by atoms with Crippen LogP contribution in [0.3, 0.4) is 0 Å². The summed E-state index contributed by atoms with van der Waals surface area (Å²) in [6.07, 6.45) is 15.7. The van der Waals surface area contributed by atoms with Gasteiger partial charge in [-0.1, -0.05) is 84.1 Å². The minimum Gasteiger partial charge on any atom is -0.508 e. The van der Waals surface area contributed by atoms with Crippen molar-refractivity contribution in [2.75, 3.05) is 0 Å². The number of rotatable bonds is 13. The molecule has 0 aliphatic rings. The Balaban J connectivity index is 1.88. The van der Waals surface area contributed by atoms with Gasteiger partial charge < -0.3 is 10.2 Å². The molecule has 0 atom stereocenters. The van der Waals surface area contributed by atoms with Crippen molar-refractivity contribution in [3.63, 3.8) is 0 Å². The third kappa shape index (κ3) is 10.3. The van der Waals surface area contributed by atoms with Gasteiger partial charge in [-0.3, -0.25) is 0 Å². The molecule has 2 N–H and O–H groups in total. The number of aryl methyl sites for hydroxylation is 1. The number of phenolic OH excluding ortho intramolecular Hbond substituents is 2. The predicted octanol–water partition coefficient (Wildman–Crippen LogP) is 6.59. The summed E-state index contributed by atoms with van der Waals surface area (Å²) in [5, 5.41) is 19.0. The van der Waals surface area contributed by atoms with Crippen LogP contribution in [0, 0.1) is 5.92 Å². The van der Waals surface area contributed by atoms with Gasteiger partial charge in [0.2, 0.25) is 0 Å². The van der Waals surface area contributed by atoms with Gasteiger partial charge in [0.1, 0.15) is 11.5 Å². The molecule has 0 bridgehead atoms. The zero-order valence-corrected chi connectivity index (χ0v) is 15.2. The molecule has 0 heterocycles. The second-order valence-electron chi connectivity index (χ2n) is 7.28. The van der Waals surface area contributed by atoms with Gasteiger partial charge in [0, 0.05) is 6.07 Å². The summed E-state index contributed by atoms with van der Waals surface area (Å²) >= 11 is 0. The number of hydrogen-bond donors (Lipinski definition) is 2. The van der Waals surface area contributed by atoms with Crippen molar-refractivity contribution >= 4 is 0 Å². The topological polar surface area (TPSA) is 40.5 Å². The van der Waals surface area contributed by atoms with E-state index in [2.05, 4.69) is 13.8 Å². The van der Waals surface area contributed by atoms with Crippen LogP contribution in [0.5, 0.6) is 11.5 Å². The van der Waals surface area contributed by atoms with Crippen LogP contribution >= 0.6 is 0 Å². The van der Waals surface area contributed by atoms with Gasteiger partial charge in [-0.25, -0.2) is 0 Å². The fourth-order valence-corrected chi connectivity index (χ4v) is 3.05. The summed E-state index contributed by atoms with van der Waals surface area (Å²) in [6, 6.07) is 4.90. The molecule has 0 aliphatic heterocycles. The summed E-state index contributed by atoms with van der Waals surface area (Å²) in [4.78, 5) is 0. The molecule has 0 spiro atoms. The maximum Gasteiger partial charge on any atom is 0.122 e. The van der Waals surface area contributed by atoms with Crippen LogP contribution in [-0.2, 0) is 6.42 Å². The van der Waals surface area contributed by atoms with Gasteiger partial charge in [-0.2, -0.15) is 0 Å². The van der Waals surface area contributed by atoms with E-state index in [-0.39, 0.29) is 11.5 Å². The number of benzene rings is 1. The maximum atomic E-state index is 9.72. The van der Waals surface area contributed by atoms with Crippen molar-refractivity contribution in [1.82, 2.24) is 0 Å². The zero-order chi connectivity index (χ0) is 16.9. The lowest BCUT2D eigenvalue weighted by molar-refractivity contribution is 0.444. The molecule has 0 fully saturated rings. The van der Waals surface area contributed by atoms with Crippen LogP contribution in [0.4, 0.5) is 0 Å². The normalized spacial score (nSPS) is 11.3. The van der Waals surface area contributed by atoms with Crippen LogP contribution in [0.15, 0.2) is 18.2 Å². The van der Waals surface area contributed by atoms with Gasteiger partial charge in [0.25, 0.3) is 0 Å². The van der Waals surface area contributed by atoms with E-state index in [0.29, 0.717) is 0 Å². The van der Waals surface area contributed by atoms with E-state index in [1.54, 1.807) is 6.07 Å². The summed E-state index contributed by atoms with van der Waals surface area (Å²) in [5.41, 5.74) is 0.948. The molecular formula is C21H36O2. The van der Waals surface area contributed by atoms with Gasteiger partial charge >= 0.3 is 0 Å². The highest BCUT2D eigenvalue weighted by atomic mass is 16.3. The van der Waals surface area contributed by atoms with E-state index in [0.717, 1.165) is 24.3 Å². The average molecular weight is 321 g/mol. The van der Waals surface area contributed by atoms with Crippen LogP contribution < -0.4 is 0 Å². The van der Waals surface area contributed by atoms with Crippen molar-refractivity contribution in [3.8, 4) is 11.5 Å². The average Bonchev–Trinajstić information content (AvgIpc) is 2.50. The Morgan fingerprint density at radius 3 is 1.78 bits per heavy atom. The lowest BCUT2D eigenvalue weighted by Crippen LogP contribution is -1.88. The number of phenols is 2. The Labute approximate surface area is 142 Å². The summed E-state index contributed by atoms with van der Waals surface area (Å²) in [5.74, 6) is 1.22. The molecule has 0 amide bonds. The standard InChI is InChI=1S/C21H36O2/c1-18(2)13-11-9-7-5-3-4-6-8-10-12-14-19-15-16-20(22)17-21(19)23/h15-18,22-23H,3-14H2,1-2H3. The van der Waals surface area contributed by atoms with E-state index in [1.165, 1.54) is 70.3 Å². The minimum atomic E-state index is 0.135. The highest BCUT2D eigenvalue weighted by molar-refractivity contribution is 5.38. The van der Waals surface area contributed by atoms with E-state index in [1.807, 2.05) is 6.07 Å². The van der Waals surface area contributed by atoms with Crippen molar-refractivity contribution in [2.45, 2.75) is 90.9 Å². The molecule has 1 rings (SSSR count). The first kappa shape index (κ1) is 19.9. The Kier molecular flexibility index (Phi) is 10.6. The second-order valence-corrected chi connectivity index (χ2v) is 7.28. The Morgan fingerprint density at radius 1 is 0.739 bits per heavy atom. The lowest BCUT2D eigenvalue weighted by Gasteiger charge is -2.06. The van der Waals surface area contributed by atoms with E-state index in [9.17, 15) is 10.2 Å². The van der Waals surface area contributed by atoms with Crippen molar-refractivity contribution in [2.24, 2.45) is 5.92 Å². The van der Waals surface area contributed by atoms with Crippen LogP contribution in [-0.4, -0.2) is 10.2 Å². The molecule has 0 radical (unpaired) electrons. The number of aromatic hydroxyl groups is 2. The zero-order valence-electron chi connectivity index (χ0n) is 15.2. The smallest absolute Gasteiger partial charge is 0.122 e. The van der Waals surface area contributed by atoms with E-state index < -0.39 is 0 Å². The highest BCUT2D eigenvalue weighted by Crippen LogP contribution is 2.24. The molecule has 1 aromatic carbocycles. The second kappa shape index (κ2) is 12.3. The highest BCUT2D eigenvalue weighted by Gasteiger charge is 2.02. The van der Waals surface area contributed by atoms with Crippen LogP contribution in [0.25, 0.3) is 0 Å². The fraction of sp³-hybridized carbons (Fsp3) is 0.714. The Bertz CT molecular complexity index is 412. The van der Waals surface area contributed by atoms with Crippen molar-refractivity contribution in [1.29, 1.82) is 0 Å². The molecule has 2 heteroatoms.